The third-order valence-corrected chi connectivity index (χ3v) is 6.09. The summed E-state index contributed by atoms with van der Waals surface area (Å²) in [4.78, 5) is 20.8. The van der Waals surface area contributed by atoms with Crippen LogP contribution in [-0.2, 0) is 4.79 Å². The van der Waals surface area contributed by atoms with Crippen LogP contribution in [0.2, 0.25) is 0 Å². The largest absolute Gasteiger partial charge is 0.339 e. The molecule has 2 heterocycles. The molecule has 4 nitrogen and oxygen atoms in total. The van der Waals surface area contributed by atoms with Crippen molar-refractivity contribution in [2.45, 2.75) is 37.2 Å². The molecule has 0 N–H and O–H groups in total. The van der Waals surface area contributed by atoms with Gasteiger partial charge in [-0.3, -0.25) is 14.6 Å². The van der Waals surface area contributed by atoms with Crippen LogP contribution in [-0.4, -0.2) is 77.7 Å². The fraction of sp³-hybridized carbons (Fsp3) is 0.632. The molecule has 0 unspecified atom stereocenters. The normalized spacial score (nSPS) is 23.4. The summed E-state index contributed by atoms with van der Waals surface area (Å²) in [7, 11) is 0. The number of thioether (sulfide) groups is 1. The minimum atomic E-state index is 0.133. The fourth-order valence-electron chi connectivity index (χ4n) is 3.65. The maximum absolute atomic E-state index is 12.5. The third-order valence-electron chi connectivity index (χ3n) is 5.10. The molecule has 2 fully saturated rings. The van der Waals surface area contributed by atoms with Crippen molar-refractivity contribution in [1.82, 2.24) is 14.7 Å². The monoisotopic (exact) mass is 347 g/mol. The number of rotatable bonds is 6. The van der Waals surface area contributed by atoms with E-state index >= 15 is 0 Å². The number of benzene rings is 1. The van der Waals surface area contributed by atoms with E-state index in [9.17, 15) is 4.79 Å². The molecule has 1 aromatic carbocycles. The lowest BCUT2D eigenvalue weighted by atomic mass is 10.2. The summed E-state index contributed by atoms with van der Waals surface area (Å²) in [5.74, 6) is 1.48. The summed E-state index contributed by atoms with van der Waals surface area (Å²) in [5, 5.41) is 0. The van der Waals surface area contributed by atoms with E-state index in [0.717, 1.165) is 51.4 Å². The Balaban J connectivity index is 1.39. The molecule has 0 radical (unpaired) electrons. The summed E-state index contributed by atoms with van der Waals surface area (Å²) in [6, 6.07) is 11.1. The molecular formula is C19H29N3OS. The second-order valence-corrected chi connectivity index (χ2v) is 8.14. The van der Waals surface area contributed by atoms with E-state index in [4.69, 9.17) is 0 Å². The highest BCUT2D eigenvalue weighted by Crippen LogP contribution is 2.21. The van der Waals surface area contributed by atoms with Gasteiger partial charge in [0, 0.05) is 56.0 Å². The van der Waals surface area contributed by atoms with Gasteiger partial charge in [0.15, 0.2) is 0 Å². The zero-order valence-corrected chi connectivity index (χ0v) is 15.7. The molecular weight excluding hydrogens is 318 g/mol. The van der Waals surface area contributed by atoms with Crippen LogP contribution in [0.5, 0.6) is 0 Å². The molecule has 5 heteroatoms. The molecule has 1 atom stereocenters. The van der Waals surface area contributed by atoms with Crippen LogP contribution >= 0.6 is 11.8 Å². The van der Waals surface area contributed by atoms with Crippen LogP contribution in [0.15, 0.2) is 35.2 Å². The van der Waals surface area contributed by atoms with Crippen LogP contribution in [0.1, 0.15) is 20.3 Å². The van der Waals surface area contributed by atoms with Crippen LogP contribution in [0.4, 0.5) is 0 Å². The first-order valence-electron chi connectivity index (χ1n) is 9.10. The van der Waals surface area contributed by atoms with Gasteiger partial charge >= 0.3 is 0 Å². The maximum atomic E-state index is 12.5. The van der Waals surface area contributed by atoms with Gasteiger partial charge in [-0.2, -0.15) is 0 Å². The summed E-state index contributed by atoms with van der Waals surface area (Å²) in [5.41, 5.74) is 0. The first kappa shape index (κ1) is 17.8. The lowest BCUT2D eigenvalue weighted by molar-refractivity contribution is -0.134. The van der Waals surface area contributed by atoms with Gasteiger partial charge in [0.2, 0.25) is 5.91 Å². The van der Waals surface area contributed by atoms with Gasteiger partial charge in [-0.05, 0) is 32.4 Å². The highest BCUT2D eigenvalue weighted by atomic mass is 32.2. The second-order valence-electron chi connectivity index (χ2n) is 6.97. The minimum Gasteiger partial charge on any atom is -0.339 e. The van der Waals surface area contributed by atoms with Crippen LogP contribution < -0.4 is 0 Å². The maximum Gasteiger partial charge on any atom is 0.240 e. The molecule has 24 heavy (non-hydrogen) atoms. The molecule has 1 amide bonds. The number of piperazine rings is 1. The van der Waals surface area contributed by atoms with Gasteiger partial charge in [-0.1, -0.05) is 18.2 Å². The number of hydrogen-bond acceptors (Lipinski definition) is 4. The quantitative estimate of drug-likeness (QED) is 0.739. The molecule has 0 aromatic heterocycles. The van der Waals surface area contributed by atoms with E-state index in [-0.39, 0.29) is 6.04 Å². The predicted molar refractivity (Wildman–Crippen MR) is 100 cm³/mol. The van der Waals surface area contributed by atoms with E-state index < -0.39 is 0 Å². The highest BCUT2D eigenvalue weighted by molar-refractivity contribution is 7.99. The van der Waals surface area contributed by atoms with E-state index in [0.29, 0.717) is 11.9 Å². The van der Waals surface area contributed by atoms with Crippen LogP contribution in [0.3, 0.4) is 0 Å². The van der Waals surface area contributed by atoms with Gasteiger partial charge in [0.1, 0.15) is 0 Å². The molecule has 3 rings (SSSR count). The first-order valence-corrected chi connectivity index (χ1v) is 10.1. The highest BCUT2D eigenvalue weighted by Gasteiger charge is 2.37. The number of carbonyl (C=O) groups is 1. The van der Waals surface area contributed by atoms with Crippen molar-refractivity contribution in [2.75, 3.05) is 45.0 Å². The topological polar surface area (TPSA) is 26.8 Å². The summed E-state index contributed by atoms with van der Waals surface area (Å²) in [6.07, 6.45) is 1.00. The van der Waals surface area contributed by atoms with Crippen molar-refractivity contribution in [3.63, 3.8) is 0 Å². The van der Waals surface area contributed by atoms with E-state index in [1.165, 1.54) is 4.90 Å². The van der Waals surface area contributed by atoms with Gasteiger partial charge in [0.25, 0.3) is 0 Å². The first-order chi connectivity index (χ1) is 11.6. The predicted octanol–water partition coefficient (Wildman–Crippen LogP) is 2.41. The summed E-state index contributed by atoms with van der Waals surface area (Å²) >= 11 is 1.93. The fourth-order valence-corrected chi connectivity index (χ4v) is 4.58. The number of hydrogen-bond donors (Lipinski definition) is 0. The Labute approximate surface area is 150 Å². The number of amides is 1. The van der Waals surface area contributed by atoms with Crippen molar-refractivity contribution in [2.24, 2.45) is 0 Å². The average molecular weight is 348 g/mol. The Morgan fingerprint density at radius 1 is 1.08 bits per heavy atom. The Morgan fingerprint density at radius 2 is 1.79 bits per heavy atom. The van der Waals surface area contributed by atoms with E-state index in [1.54, 1.807) is 0 Å². The molecule has 0 saturated carbocycles. The van der Waals surface area contributed by atoms with E-state index in [1.807, 2.05) is 16.7 Å². The van der Waals surface area contributed by atoms with Gasteiger partial charge in [0.05, 0.1) is 6.04 Å². The van der Waals surface area contributed by atoms with Crippen molar-refractivity contribution < 1.29 is 4.79 Å². The van der Waals surface area contributed by atoms with Crippen LogP contribution in [0, 0.1) is 0 Å². The minimum absolute atomic E-state index is 0.133. The Kier molecular flexibility index (Phi) is 6.19. The zero-order chi connectivity index (χ0) is 16.9. The number of nitrogens with zero attached hydrogens (tertiary/aromatic N) is 3. The summed E-state index contributed by atoms with van der Waals surface area (Å²) < 4.78 is 0. The van der Waals surface area contributed by atoms with Gasteiger partial charge in [-0.25, -0.2) is 0 Å². The SMILES string of the molecule is CC(C)N1CC[C@H](N2CCN(CCSc3ccccc3)CC2)C1=O. The Hall–Kier alpha value is -1.04. The molecule has 0 bridgehead atoms. The molecule has 0 aliphatic carbocycles. The molecule has 2 saturated heterocycles. The van der Waals surface area contributed by atoms with Gasteiger partial charge < -0.3 is 4.90 Å². The lowest BCUT2D eigenvalue weighted by Gasteiger charge is -2.37. The lowest BCUT2D eigenvalue weighted by Crippen LogP contribution is -2.53. The third kappa shape index (κ3) is 4.32. The van der Waals surface area contributed by atoms with Crippen LogP contribution in [0.25, 0.3) is 0 Å². The molecule has 2 aliphatic heterocycles. The standard InChI is InChI=1S/C19H29N3OS/c1-16(2)22-9-8-18(19(22)23)21-12-10-20(11-13-21)14-15-24-17-6-4-3-5-7-17/h3-7,16,18H,8-15H2,1-2H3/t18-/m0/s1. The molecule has 132 valence electrons. The van der Waals surface area contributed by atoms with Crippen molar-refractivity contribution >= 4 is 17.7 Å². The van der Waals surface area contributed by atoms with Crippen molar-refractivity contribution in [3.05, 3.63) is 30.3 Å². The van der Waals surface area contributed by atoms with Crippen molar-refractivity contribution in [1.29, 1.82) is 0 Å². The molecule has 2 aliphatic rings. The van der Waals surface area contributed by atoms with Crippen molar-refractivity contribution in [3.8, 4) is 0 Å². The number of carbonyl (C=O) groups excluding carboxylic acids is 1. The zero-order valence-electron chi connectivity index (χ0n) is 14.9. The Morgan fingerprint density at radius 3 is 2.42 bits per heavy atom. The Bertz CT molecular complexity index is 529. The van der Waals surface area contributed by atoms with Gasteiger partial charge in [-0.15, -0.1) is 11.8 Å². The molecule has 1 aromatic rings. The number of likely N-dealkylation sites (tertiary alicyclic amines) is 1. The molecule has 0 spiro atoms. The average Bonchev–Trinajstić information content (AvgIpc) is 2.98. The van der Waals surface area contributed by atoms with E-state index in [2.05, 4.69) is 54.0 Å². The second kappa shape index (κ2) is 8.37. The smallest absolute Gasteiger partial charge is 0.240 e. The summed E-state index contributed by atoms with van der Waals surface area (Å²) in [6.45, 7) is 10.5.